The average molecular weight is 456 g/mol. The molecular weight excluding hydrogens is 430 g/mol. The summed E-state index contributed by atoms with van der Waals surface area (Å²) in [6, 6.07) is 22.6. The molecule has 0 aliphatic rings. The first-order valence-corrected chi connectivity index (χ1v) is 11.6. The minimum Gasteiger partial charge on any atom is -0.456 e. The van der Waals surface area contributed by atoms with Crippen molar-refractivity contribution >= 4 is 51.1 Å². The lowest BCUT2D eigenvalue weighted by atomic mass is 10.1. The summed E-state index contributed by atoms with van der Waals surface area (Å²) in [5, 5.41) is 6.17. The molecule has 4 aromatic rings. The van der Waals surface area contributed by atoms with Crippen LogP contribution in [0.15, 0.2) is 78.2 Å². The second kappa shape index (κ2) is 9.43. The minimum absolute atomic E-state index is 0.288. The molecule has 1 amide bonds. The van der Waals surface area contributed by atoms with Crippen LogP contribution in [0, 0.1) is 0 Å². The van der Waals surface area contributed by atoms with Crippen LogP contribution in [0.25, 0.3) is 22.2 Å². The maximum Gasteiger partial charge on any atom is 0.340 e. The van der Waals surface area contributed by atoms with E-state index < -0.39 is 11.6 Å². The van der Waals surface area contributed by atoms with Crippen molar-refractivity contribution in [2.75, 3.05) is 5.32 Å². The van der Waals surface area contributed by atoms with Crippen LogP contribution in [0.4, 0.5) is 5.69 Å². The number of fused-ring (bicyclic) bond motifs is 1. The van der Waals surface area contributed by atoms with Gasteiger partial charge in [0.25, 0.3) is 5.91 Å². The molecule has 4 nitrogen and oxygen atoms in total. The van der Waals surface area contributed by atoms with Crippen molar-refractivity contribution in [1.82, 2.24) is 0 Å². The molecule has 0 unspecified atom stereocenters. The summed E-state index contributed by atoms with van der Waals surface area (Å²) < 4.78 is 6.80. The first-order chi connectivity index (χ1) is 15.8. The number of nitrogens with one attached hydrogen (secondary N) is 1. The average Bonchev–Trinajstić information content (AvgIpc) is 3.25. The lowest BCUT2D eigenvalue weighted by Crippen LogP contribution is -2.25. The van der Waals surface area contributed by atoms with Gasteiger partial charge in [-0.25, -0.2) is 4.79 Å². The number of hydrogen-bond donors (Lipinski definition) is 1. The highest BCUT2D eigenvalue weighted by molar-refractivity contribution is 7.17. The summed E-state index contributed by atoms with van der Waals surface area (Å²) in [5.41, 5.74) is 2.52. The van der Waals surface area contributed by atoms with Crippen molar-refractivity contribution in [1.29, 1.82) is 0 Å². The predicted molar refractivity (Wildman–Crippen MR) is 137 cm³/mol. The van der Waals surface area contributed by atoms with E-state index >= 15 is 0 Å². The Balaban J connectivity index is 1.64. The van der Waals surface area contributed by atoms with Gasteiger partial charge in [-0.1, -0.05) is 42.5 Å². The van der Waals surface area contributed by atoms with E-state index in [-0.39, 0.29) is 5.91 Å². The number of carbonyl (C=O) groups is 2. The maximum absolute atomic E-state index is 12.8. The van der Waals surface area contributed by atoms with Gasteiger partial charge in [-0.05, 0) is 85.1 Å². The minimum atomic E-state index is -0.642. The van der Waals surface area contributed by atoms with Crippen molar-refractivity contribution < 1.29 is 14.3 Å². The molecule has 1 N–H and O–H groups in total. The van der Waals surface area contributed by atoms with Crippen LogP contribution in [-0.4, -0.2) is 17.5 Å². The van der Waals surface area contributed by atoms with Gasteiger partial charge in [-0.15, -0.1) is 11.3 Å². The molecule has 5 heteroatoms. The van der Waals surface area contributed by atoms with Gasteiger partial charge in [0.05, 0.1) is 11.3 Å². The van der Waals surface area contributed by atoms with E-state index in [1.165, 1.54) is 10.1 Å². The number of carbonyl (C=O) groups excluding carboxylic acids is 2. The lowest BCUT2D eigenvalue weighted by Gasteiger charge is -2.21. The Bertz CT molecular complexity index is 1330. The van der Waals surface area contributed by atoms with Crippen LogP contribution in [0.2, 0.25) is 0 Å². The second-order valence-electron chi connectivity index (χ2n) is 8.68. The summed E-state index contributed by atoms with van der Waals surface area (Å²) >= 11 is 1.72. The van der Waals surface area contributed by atoms with Gasteiger partial charge in [-0.3, -0.25) is 4.79 Å². The zero-order valence-corrected chi connectivity index (χ0v) is 19.6. The third-order valence-electron chi connectivity index (χ3n) is 4.89. The van der Waals surface area contributed by atoms with Gasteiger partial charge in [-0.2, -0.15) is 0 Å². The second-order valence-corrected chi connectivity index (χ2v) is 9.63. The van der Waals surface area contributed by atoms with Gasteiger partial charge in [0.2, 0.25) is 0 Å². The number of benzene rings is 3. The summed E-state index contributed by atoms with van der Waals surface area (Å²) in [6.45, 7) is 5.44. The van der Waals surface area contributed by atoms with Crippen LogP contribution in [-0.2, 0) is 4.74 Å². The van der Waals surface area contributed by atoms with E-state index in [9.17, 15) is 9.59 Å². The molecule has 0 atom stereocenters. The SMILES string of the molecule is CC(C)(C)OC(=O)c1ccc(/C=C/c2ccc3sccc3c2)cc1NC(=O)c1ccccc1. The molecule has 0 saturated carbocycles. The number of anilines is 1. The van der Waals surface area contributed by atoms with Gasteiger partial charge in [0, 0.05) is 10.3 Å². The Morgan fingerprint density at radius 3 is 2.30 bits per heavy atom. The summed E-state index contributed by atoms with van der Waals surface area (Å²) in [7, 11) is 0. The van der Waals surface area contributed by atoms with Crippen molar-refractivity contribution in [2.45, 2.75) is 26.4 Å². The number of rotatable bonds is 5. The van der Waals surface area contributed by atoms with E-state index in [4.69, 9.17) is 4.74 Å². The monoisotopic (exact) mass is 455 g/mol. The molecule has 0 aliphatic heterocycles. The van der Waals surface area contributed by atoms with Gasteiger partial charge in [0.15, 0.2) is 0 Å². The summed E-state index contributed by atoms with van der Waals surface area (Å²) in [5.74, 6) is -0.770. The third kappa shape index (κ3) is 5.76. The van der Waals surface area contributed by atoms with Crippen LogP contribution in [0.1, 0.15) is 52.6 Å². The zero-order valence-electron chi connectivity index (χ0n) is 18.8. The fraction of sp³-hybridized carbons (Fsp3) is 0.143. The Hall–Kier alpha value is -3.70. The van der Waals surface area contributed by atoms with Gasteiger partial charge >= 0.3 is 5.97 Å². The van der Waals surface area contributed by atoms with Crippen LogP contribution in [0.3, 0.4) is 0 Å². The van der Waals surface area contributed by atoms with Crippen molar-refractivity contribution in [3.8, 4) is 0 Å². The lowest BCUT2D eigenvalue weighted by molar-refractivity contribution is 0.00708. The molecule has 4 rings (SSSR count). The molecule has 0 bridgehead atoms. The quantitative estimate of drug-likeness (QED) is 0.254. The summed E-state index contributed by atoms with van der Waals surface area (Å²) in [4.78, 5) is 25.6. The number of esters is 1. The Kier molecular flexibility index (Phi) is 6.43. The molecule has 3 aromatic carbocycles. The topological polar surface area (TPSA) is 55.4 Å². The Morgan fingerprint density at radius 1 is 0.879 bits per heavy atom. The highest BCUT2D eigenvalue weighted by atomic mass is 32.1. The largest absolute Gasteiger partial charge is 0.456 e. The maximum atomic E-state index is 12.8. The van der Waals surface area contributed by atoms with E-state index in [0.717, 1.165) is 11.1 Å². The van der Waals surface area contributed by atoms with Gasteiger partial charge < -0.3 is 10.1 Å². The highest BCUT2D eigenvalue weighted by Gasteiger charge is 2.21. The smallest absolute Gasteiger partial charge is 0.340 e. The van der Waals surface area contributed by atoms with E-state index in [2.05, 4.69) is 35.0 Å². The zero-order chi connectivity index (χ0) is 23.4. The van der Waals surface area contributed by atoms with Crippen molar-refractivity contribution in [3.05, 3.63) is 100 Å². The number of thiophene rings is 1. The molecule has 166 valence electrons. The van der Waals surface area contributed by atoms with E-state index in [1.807, 2.05) is 45.1 Å². The molecule has 0 fully saturated rings. The molecule has 0 saturated heterocycles. The fourth-order valence-electron chi connectivity index (χ4n) is 3.35. The molecule has 1 aromatic heterocycles. The van der Waals surface area contributed by atoms with Gasteiger partial charge in [0.1, 0.15) is 5.60 Å². The molecule has 1 heterocycles. The van der Waals surface area contributed by atoms with E-state index in [1.54, 1.807) is 47.7 Å². The molecule has 0 radical (unpaired) electrons. The summed E-state index contributed by atoms with van der Waals surface area (Å²) in [6.07, 6.45) is 3.98. The molecule has 33 heavy (non-hydrogen) atoms. The van der Waals surface area contributed by atoms with Crippen molar-refractivity contribution in [2.24, 2.45) is 0 Å². The van der Waals surface area contributed by atoms with Crippen LogP contribution >= 0.6 is 11.3 Å². The van der Waals surface area contributed by atoms with Crippen molar-refractivity contribution in [3.63, 3.8) is 0 Å². The molecular formula is C28H25NO3S. The normalized spacial score (nSPS) is 11.6. The first kappa shape index (κ1) is 22.5. The standard InChI is InChI=1S/C28H25NO3S/c1-28(2,3)32-27(31)23-13-11-20(10-9-19-12-14-25-22(17-19)15-16-33-25)18-24(23)29-26(30)21-7-5-4-6-8-21/h4-18H,1-3H3,(H,29,30)/b10-9+. The number of amides is 1. The number of hydrogen-bond acceptors (Lipinski definition) is 4. The molecule has 0 spiro atoms. The molecule has 0 aliphatic carbocycles. The first-order valence-electron chi connectivity index (χ1n) is 10.7. The van der Waals surface area contributed by atoms with Crippen LogP contribution in [0.5, 0.6) is 0 Å². The van der Waals surface area contributed by atoms with Crippen LogP contribution < -0.4 is 5.32 Å². The van der Waals surface area contributed by atoms with E-state index in [0.29, 0.717) is 16.8 Å². The Morgan fingerprint density at radius 2 is 1.58 bits per heavy atom. The highest BCUT2D eigenvalue weighted by Crippen LogP contribution is 2.25. The fourth-order valence-corrected chi connectivity index (χ4v) is 4.12. The Labute approximate surface area is 197 Å². The predicted octanol–water partition coefficient (Wildman–Crippen LogP) is 7.28. The number of ether oxygens (including phenoxy) is 1. The third-order valence-corrected chi connectivity index (χ3v) is 5.79.